The molecule has 0 spiro atoms. The Kier molecular flexibility index (Phi) is 42.3. The maximum atomic E-state index is 14.6. The summed E-state index contributed by atoms with van der Waals surface area (Å²) in [7, 11) is 0. The number of carboxylic acid groups (broad SMARTS) is 1. The molecule has 0 aliphatic heterocycles. The first-order valence-electron chi connectivity index (χ1n) is 30.3. The summed E-state index contributed by atoms with van der Waals surface area (Å²) in [6, 6.07) is -12.4. The number of guanidine groups is 5. The summed E-state index contributed by atoms with van der Waals surface area (Å²) in [4.78, 5) is 157. The number of hydrogen-bond donors (Lipinski definition) is 23. The molecule has 0 radical (unpaired) electrons. The first-order valence-corrected chi connectivity index (χ1v) is 30.3. The Morgan fingerprint density at radius 1 is 0.330 bits per heavy atom. The summed E-state index contributed by atoms with van der Waals surface area (Å²) in [6.45, 7) is 4.19. The van der Waals surface area contributed by atoms with Crippen LogP contribution >= 0.6 is 0 Å². The van der Waals surface area contributed by atoms with Crippen molar-refractivity contribution < 1.29 is 53.1 Å². The van der Waals surface area contributed by atoms with Crippen LogP contribution in [0.25, 0.3) is 0 Å². The van der Waals surface area contributed by atoms with Crippen molar-refractivity contribution in [2.24, 2.45) is 111 Å². The lowest BCUT2D eigenvalue weighted by atomic mass is 10.0. The molecule has 0 saturated carbocycles. The van der Waals surface area contributed by atoms with E-state index in [1.807, 2.05) is 0 Å². The minimum Gasteiger partial charge on any atom is -0.480 e. The van der Waals surface area contributed by atoms with E-state index in [9.17, 15) is 53.1 Å². The van der Waals surface area contributed by atoms with Gasteiger partial charge in [-0.2, -0.15) is 0 Å². The van der Waals surface area contributed by atoms with Crippen molar-refractivity contribution in [1.82, 2.24) is 42.5 Å². The normalized spacial score (nSPS) is 13.8. The number of nitrogens with two attached hydrogens (primary N) is 14. The van der Waals surface area contributed by atoms with Gasteiger partial charge in [0.05, 0.1) is 6.04 Å². The highest BCUT2D eigenvalue weighted by molar-refractivity contribution is 5.98. The van der Waals surface area contributed by atoms with E-state index in [1.54, 1.807) is 13.8 Å². The number of amides is 9. The largest absolute Gasteiger partial charge is 0.480 e. The van der Waals surface area contributed by atoms with Crippen LogP contribution in [0.5, 0.6) is 0 Å². The van der Waals surface area contributed by atoms with Crippen LogP contribution in [0.4, 0.5) is 0 Å². The predicted molar refractivity (Wildman–Crippen MR) is 344 cm³/mol. The summed E-state index contributed by atoms with van der Waals surface area (Å²) in [5.74, 6) is -10.7. The third-order valence-electron chi connectivity index (χ3n) is 13.4. The van der Waals surface area contributed by atoms with Crippen molar-refractivity contribution >= 4 is 88.9 Å². The fourth-order valence-corrected chi connectivity index (χ4v) is 8.70. The Hall–Kier alpha value is -9.07. The Balaban J connectivity index is 7.30. The van der Waals surface area contributed by atoms with Crippen molar-refractivity contribution in [2.75, 3.05) is 45.8 Å². The monoisotopic (exact) mass is 1300 g/mol. The number of aliphatic imine (C=N–C) groups is 5. The molecule has 0 rings (SSSR count). The van der Waals surface area contributed by atoms with Crippen LogP contribution < -0.4 is 123 Å². The highest BCUT2D eigenvalue weighted by Gasteiger charge is 2.35. The number of rotatable bonds is 50. The third-order valence-corrected chi connectivity index (χ3v) is 13.4. The first-order chi connectivity index (χ1) is 42.9. The quantitative estimate of drug-likeness (QED) is 0.0153. The molecule has 9 amide bonds. The number of carboxylic acids is 1. The molecule has 0 saturated heterocycles. The first kappa shape index (κ1) is 81.9. The summed E-state index contributed by atoms with van der Waals surface area (Å²) >= 11 is 0. The van der Waals surface area contributed by atoms with Gasteiger partial charge in [0.2, 0.25) is 53.2 Å². The van der Waals surface area contributed by atoms with Crippen molar-refractivity contribution in [1.29, 1.82) is 0 Å². The Morgan fingerprint density at radius 2 is 0.571 bits per heavy atom. The standard InChI is InChI=1S/C53H105N27O11/c1-29(2)28-38(47(89)77-35(17-10-26-71-52(64)65)45(87)79-37(48(90)91)18-11-27-72-53(66)67)80-46(88)36(19-20-39(57)81)78-44(86)34(16-9-25-70-51(62)63)76-43(85)33(15-8-24-69-50(60)61)75-42(84)32(14-4-6-22-55)74-41(83)31(13-3-5-21-54)73-40(82)30(56)12-7-23-68-49(58)59/h29-38H,3-28,54-56H2,1-2H3,(H2,57,81)(H,73,82)(H,74,83)(H,75,84)(H,76,85)(H,77,89)(H,78,86)(H,79,87)(H,80,88)(H,90,91)(H4,58,59,68)(H4,60,61,69)(H4,62,63,70)(H4,64,65,71)(H4,66,67,72)/t30-,31+,32+,33+,34-,35+,36+,37-,38+/m1/s1. The van der Waals surface area contributed by atoms with E-state index in [4.69, 9.17) is 80.3 Å². The Bertz CT molecular complexity index is 2440. The third kappa shape index (κ3) is 39.5. The van der Waals surface area contributed by atoms with Gasteiger partial charge in [-0.1, -0.05) is 13.8 Å². The molecule has 0 bridgehead atoms. The molecular formula is C53H105N27O11. The minimum absolute atomic E-state index is 0.0135. The molecule has 0 fully saturated rings. The van der Waals surface area contributed by atoms with Gasteiger partial charge in [0, 0.05) is 39.1 Å². The zero-order valence-electron chi connectivity index (χ0n) is 52.5. The van der Waals surface area contributed by atoms with Gasteiger partial charge < -0.3 is 128 Å². The zero-order chi connectivity index (χ0) is 69.0. The van der Waals surface area contributed by atoms with E-state index in [0.717, 1.165) is 0 Å². The number of nitrogens with one attached hydrogen (secondary N) is 8. The van der Waals surface area contributed by atoms with Crippen molar-refractivity contribution in [2.45, 2.75) is 190 Å². The lowest BCUT2D eigenvalue weighted by Crippen LogP contribution is -2.60. The predicted octanol–water partition coefficient (Wildman–Crippen LogP) is -8.89. The topological polar surface area (TPSA) is 713 Å². The molecular weight excluding hydrogens is 1190 g/mol. The zero-order valence-corrected chi connectivity index (χ0v) is 52.5. The van der Waals surface area contributed by atoms with E-state index < -0.39 is 126 Å². The summed E-state index contributed by atoms with van der Waals surface area (Å²) in [5.41, 5.74) is 77.9. The second-order valence-corrected chi connectivity index (χ2v) is 21.9. The second kappa shape index (κ2) is 47.0. The molecule has 0 aromatic heterocycles. The highest BCUT2D eigenvalue weighted by atomic mass is 16.4. The molecule has 0 aromatic rings. The minimum atomic E-state index is -1.63. The SMILES string of the molecule is CC(C)C[C@H](NC(=O)[C@H](CCC(N)=O)NC(=O)[C@@H](CCCN=C(N)N)NC(=O)[C@H](CCCN=C(N)N)NC(=O)[C@H](CCCCN)NC(=O)[C@H](CCCCN)NC(=O)[C@H](N)CCCN=C(N)N)C(=O)N[C@@H](CCCN=C(N)N)C(=O)N[C@H](CCCN=C(N)N)C(=O)O. The van der Waals surface area contributed by atoms with Crippen LogP contribution in [-0.2, 0) is 47.9 Å². The molecule has 0 aliphatic rings. The highest BCUT2D eigenvalue weighted by Crippen LogP contribution is 2.13. The molecule has 91 heavy (non-hydrogen) atoms. The molecule has 38 heteroatoms. The average molecular weight is 1300 g/mol. The molecule has 0 aliphatic carbocycles. The van der Waals surface area contributed by atoms with Crippen molar-refractivity contribution in [3.05, 3.63) is 0 Å². The fourth-order valence-electron chi connectivity index (χ4n) is 8.70. The number of hydrogen-bond acceptors (Lipinski definition) is 18. The van der Waals surface area contributed by atoms with Gasteiger partial charge in [0.25, 0.3) is 0 Å². The molecule has 0 heterocycles. The van der Waals surface area contributed by atoms with Gasteiger partial charge >= 0.3 is 5.97 Å². The van der Waals surface area contributed by atoms with E-state index >= 15 is 0 Å². The summed E-state index contributed by atoms with van der Waals surface area (Å²) in [5, 5.41) is 30.8. The molecule has 518 valence electrons. The number of primary amides is 1. The van der Waals surface area contributed by atoms with E-state index in [0.29, 0.717) is 32.1 Å². The summed E-state index contributed by atoms with van der Waals surface area (Å²) < 4.78 is 0. The van der Waals surface area contributed by atoms with Gasteiger partial charge in [-0.25, -0.2) is 4.79 Å². The molecule has 38 nitrogen and oxygen atoms in total. The molecule has 9 atom stereocenters. The van der Waals surface area contributed by atoms with Gasteiger partial charge in [-0.3, -0.25) is 68.1 Å². The van der Waals surface area contributed by atoms with E-state index in [1.165, 1.54) is 0 Å². The van der Waals surface area contributed by atoms with Gasteiger partial charge in [0.15, 0.2) is 29.8 Å². The van der Waals surface area contributed by atoms with Crippen molar-refractivity contribution in [3.63, 3.8) is 0 Å². The van der Waals surface area contributed by atoms with E-state index in [2.05, 4.69) is 67.5 Å². The molecule has 0 aromatic carbocycles. The van der Waals surface area contributed by atoms with E-state index in [-0.39, 0.29) is 159 Å². The fraction of sp³-hybridized carbons (Fsp3) is 0.717. The van der Waals surface area contributed by atoms with Crippen LogP contribution in [0.3, 0.4) is 0 Å². The van der Waals surface area contributed by atoms with Gasteiger partial charge in [-0.05, 0) is 135 Å². The van der Waals surface area contributed by atoms with Crippen LogP contribution in [-0.4, -0.2) is 194 Å². The number of aliphatic carboxylic acids is 1. The summed E-state index contributed by atoms with van der Waals surface area (Å²) in [6.07, 6.45) is 1.17. The Morgan fingerprint density at radius 3 is 0.846 bits per heavy atom. The van der Waals surface area contributed by atoms with Crippen LogP contribution in [0.2, 0.25) is 0 Å². The maximum Gasteiger partial charge on any atom is 0.326 e. The number of carbonyl (C=O) groups is 10. The van der Waals surface area contributed by atoms with Gasteiger partial charge in [0.1, 0.15) is 48.3 Å². The average Bonchev–Trinajstić information content (AvgIpc) is 1.75. The maximum absolute atomic E-state index is 14.6. The lowest BCUT2D eigenvalue weighted by Gasteiger charge is -2.28. The van der Waals surface area contributed by atoms with Crippen LogP contribution in [0, 0.1) is 5.92 Å². The smallest absolute Gasteiger partial charge is 0.326 e. The lowest BCUT2D eigenvalue weighted by molar-refractivity contribution is -0.142. The Labute approximate surface area is 530 Å². The van der Waals surface area contributed by atoms with Gasteiger partial charge in [-0.15, -0.1) is 0 Å². The van der Waals surface area contributed by atoms with Crippen LogP contribution in [0.15, 0.2) is 25.0 Å². The molecule has 0 unspecified atom stereocenters. The number of carbonyl (C=O) groups excluding carboxylic acids is 9. The molecule has 37 N–H and O–H groups in total. The number of unbranched alkanes of at least 4 members (excludes halogenated alkanes) is 2. The van der Waals surface area contributed by atoms with Crippen LogP contribution in [0.1, 0.15) is 136 Å². The van der Waals surface area contributed by atoms with Crippen molar-refractivity contribution in [3.8, 4) is 0 Å². The second-order valence-electron chi connectivity index (χ2n) is 21.9. The number of nitrogens with zero attached hydrogens (tertiary/aromatic N) is 5.